The van der Waals surface area contributed by atoms with Crippen molar-refractivity contribution in [1.82, 2.24) is 0 Å². The van der Waals surface area contributed by atoms with E-state index < -0.39 is 5.41 Å². The minimum atomic E-state index is -0.495. The van der Waals surface area contributed by atoms with Crippen LogP contribution in [0.2, 0.25) is 0 Å². The molecular formula is C14H17NO2S. The molecule has 0 aromatic heterocycles. The van der Waals surface area contributed by atoms with Gasteiger partial charge in [-0.2, -0.15) is 0 Å². The zero-order valence-electron chi connectivity index (χ0n) is 10.2. The third kappa shape index (κ3) is 2.15. The Morgan fingerprint density at radius 2 is 2.28 bits per heavy atom. The van der Waals surface area contributed by atoms with Crippen LogP contribution < -0.4 is 5.32 Å². The molecule has 1 fully saturated rings. The molecule has 3 rings (SSSR count). The molecule has 0 radical (unpaired) electrons. The van der Waals surface area contributed by atoms with Crippen molar-refractivity contribution >= 4 is 23.4 Å². The van der Waals surface area contributed by atoms with Crippen LogP contribution in [-0.4, -0.2) is 23.4 Å². The number of hydrogen-bond acceptors (Lipinski definition) is 3. The highest BCUT2D eigenvalue weighted by Crippen LogP contribution is 2.46. The van der Waals surface area contributed by atoms with Crippen LogP contribution in [0.3, 0.4) is 0 Å². The van der Waals surface area contributed by atoms with Gasteiger partial charge >= 0.3 is 0 Å². The Kier molecular flexibility index (Phi) is 3.08. The number of fused-ring (bicyclic) bond motifs is 1. The van der Waals surface area contributed by atoms with Crippen LogP contribution in [0.5, 0.6) is 0 Å². The monoisotopic (exact) mass is 263 g/mol. The van der Waals surface area contributed by atoms with Gasteiger partial charge in [0.15, 0.2) is 0 Å². The lowest BCUT2D eigenvalue weighted by molar-refractivity contribution is -0.122. The Balaban J connectivity index is 1.75. The molecule has 0 bridgehead atoms. The normalized spacial score (nSPS) is 20.1. The quantitative estimate of drug-likeness (QED) is 0.880. The van der Waals surface area contributed by atoms with Gasteiger partial charge in [0.25, 0.3) is 0 Å². The van der Waals surface area contributed by atoms with Crippen molar-refractivity contribution in [2.75, 3.05) is 17.7 Å². The number of carbonyl (C=O) groups excluding carboxylic acids is 1. The molecule has 2 N–H and O–H groups in total. The summed E-state index contributed by atoms with van der Waals surface area (Å²) in [6.45, 7) is -0.0420. The van der Waals surface area contributed by atoms with Gasteiger partial charge in [-0.1, -0.05) is 0 Å². The molecule has 4 heteroatoms. The smallest absolute Gasteiger partial charge is 0.232 e. The van der Waals surface area contributed by atoms with Crippen molar-refractivity contribution in [3.63, 3.8) is 0 Å². The Hall–Kier alpha value is -1.00. The molecule has 1 heterocycles. The Morgan fingerprint density at radius 3 is 3.00 bits per heavy atom. The molecular weight excluding hydrogens is 246 g/mol. The number of amides is 1. The SMILES string of the molecule is O=C(Nc1ccc2c(c1)CCCS2)C1(CO)CC1. The fraction of sp³-hybridized carbons (Fsp3) is 0.500. The molecule has 1 aliphatic carbocycles. The second-order valence-electron chi connectivity index (χ2n) is 5.17. The summed E-state index contributed by atoms with van der Waals surface area (Å²) in [5, 5.41) is 12.2. The van der Waals surface area contributed by atoms with Crippen LogP contribution in [0.1, 0.15) is 24.8 Å². The maximum atomic E-state index is 12.0. The number of aryl methyl sites for hydroxylation is 1. The van der Waals surface area contributed by atoms with Gasteiger partial charge < -0.3 is 10.4 Å². The summed E-state index contributed by atoms with van der Waals surface area (Å²) in [5.41, 5.74) is 1.70. The van der Waals surface area contributed by atoms with E-state index in [9.17, 15) is 9.90 Å². The third-order valence-corrected chi connectivity index (χ3v) is 5.01. The summed E-state index contributed by atoms with van der Waals surface area (Å²) < 4.78 is 0. The number of carbonyl (C=O) groups is 1. The van der Waals surface area contributed by atoms with Crippen LogP contribution in [0.25, 0.3) is 0 Å². The fourth-order valence-electron chi connectivity index (χ4n) is 2.31. The molecule has 3 nitrogen and oxygen atoms in total. The number of benzene rings is 1. The summed E-state index contributed by atoms with van der Waals surface area (Å²) in [6.07, 6.45) is 3.90. The van der Waals surface area contributed by atoms with Crippen LogP contribution in [0.4, 0.5) is 5.69 Å². The topological polar surface area (TPSA) is 49.3 Å². The largest absolute Gasteiger partial charge is 0.395 e. The number of nitrogens with one attached hydrogen (secondary N) is 1. The summed E-state index contributed by atoms with van der Waals surface area (Å²) >= 11 is 1.89. The summed E-state index contributed by atoms with van der Waals surface area (Å²) in [4.78, 5) is 13.4. The van der Waals surface area contributed by atoms with Crippen molar-refractivity contribution in [2.45, 2.75) is 30.6 Å². The van der Waals surface area contributed by atoms with E-state index in [-0.39, 0.29) is 12.5 Å². The zero-order valence-corrected chi connectivity index (χ0v) is 11.1. The first-order valence-electron chi connectivity index (χ1n) is 6.42. The van der Waals surface area contributed by atoms with Gasteiger partial charge in [-0.15, -0.1) is 11.8 Å². The molecule has 0 spiro atoms. The standard InChI is InChI=1S/C14H17NO2S/c16-9-14(5-6-14)13(17)15-11-3-4-12-10(8-11)2-1-7-18-12/h3-4,8,16H,1-2,5-7,9H2,(H,15,17). The number of aliphatic hydroxyl groups is 1. The van der Waals surface area contributed by atoms with E-state index in [2.05, 4.69) is 17.4 Å². The molecule has 96 valence electrons. The molecule has 1 aliphatic heterocycles. The van der Waals surface area contributed by atoms with Crippen LogP contribution in [0.15, 0.2) is 23.1 Å². The van der Waals surface area contributed by atoms with E-state index in [1.165, 1.54) is 22.6 Å². The van der Waals surface area contributed by atoms with Gasteiger partial charge in [-0.05, 0) is 55.2 Å². The minimum Gasteiger partial charge on any atom is -0.395 e. The van der Waals surface area contributed by atoms with Crippen molar-refractivity contribution in [2.24, 2.45) is 5.41 Å². The van der Waals surface area contributed by atoms with Gasteiger partial charge in [0.2, 0.25) is 5.91 Å². The van der Waals surface area contributed by atoms with E-state index in [4.69, 9.17) is 0 Å². The maximum Gasteiger partial charge on any atom is 0.232 e. The van der Waals surface area contributed by atoms with E-state index in [0.29, 0.717) is 0 Å². The lowest BCUT2D eigenvalue weighted by Crippen LogP contribution is -2.27. The number of thioether (sulfide) groups is 1. The van der Waals surface area contributed by atoms with Gasteiger partial charge in [-0.3, -0.25) is 4.79 Å². The summed E-state index contributed by atoms with van der Waals surface area (Å²) in [5.74, 6) is 1.15. The van der Waals surface area contributed by atoms with Crippen LogP contribution in [0, 0.1) is 5.41 Å². The summed E-state index contributed by atoms with van der Waals surface area (Å²) in [7, 11) is 0. The highest BCUT2D eigenvalue weighted by Gasteiger charge is 2.49. The summed E-state index contributed by atoms with van der Waals surface area (Å²) in [6, 6.07) is 6.13. The van der Waals surface area contributed by atoms with E-state index in [1.54, 1.807) is 0 Å². The molecule has 0 unspecified atom stereocenters. The molecule has 1 aromatic rings. The molecule has 18 heavy (non-hydrogen) atoms. The van der Waals surface area contributed by atoms with Crippen LogP contribution >= 0.6 is 11.8 Å². The lowest BCUT2D eigenvalue weighted by atomic mass is 10.1. The van der Waals surface area contributed by atoms with Crippen molar-refractivity contribution in [3.05, 3.63) is 23.8 Å². The molecule has 2 aliphatic rings. The minimum absolute atomic E-state index is 0.0339. The number of rotatable bonds is 3. The Morgan fingerprint density at radius 1 is 1.44 bits per heavy atom. The highest BCUT2D eigenvalue weighted by molar-refractivity contribution is 7.99. The van der Waals surface area contributed by atoms with Crippen molar-refractivity contribution < 1.29 is 9.90 Å². The number of aliphatic hydroxyl groups excluding tert-OH is 1. The first kappa shape index (κ1) is 12.1. The van der Waals surface area contributed by atoms with E-state index in [1.807, 2.05) is 17.8 Å². The average Bonchev–Trinajstić information content (AvgIpc) is 3.19. The zero-order chi connectivity index (χ0) is 12.6. The first-order chi connectivity index (χ1) is 8.73. The second kappa shape index (κ2) is 4.59. The molecule has 1 amide bonds. The lowest BCUT2D eigenvalue weighted by Gasteiger charge is -2.17. The maximum absolute atomic E-state index is 12.0. The van der Waals surface area contributed by atoms with Gasteiger partial charge in [0.05, 0.1) is 12.0 Å². The second-order valence-corrected chi connectivity index (χ2v) is 6.30. The molecule has 1 saturated carbocycles. The predicted molar refractivity (Wildman–Crippen MR) is 72.9 cm³/mol. The number of anilines is 1. The van der Waals surface area contributed by atoms with Crippen molar-refractivity contribution in [1.29, 1.82) is 0 Å². The molecule has 0 saturated heterocycles. The van der Waals surface area contributed by atoms with Gasteiger partial charge in [0, 0.05) is 10.6 Å². The molecule has 0 atom stereocenters. The number of hydrogen-bond donors (Lipinski definition) is 2. The predicted octanol–water partition coefficient (Wildman–Crippen LogP) is 2.44. The van der Waals surface area contributed by atoms with Crippen LogP contribution in [-0.2, 0) is 11.2 Å². The van der Waals surface area contributed by atoms with Crippen molar-refractivity contribution in [3.8, 4) is 0 Å². The van der Waals surface area contributed by atoms with E-state index >= 15 is 0 Å². The molecule has 1 aromatic carbocycles. The first-order valence-corrected chi connectivity index (χ1v) is 7.40. The third-order valence-electron chi connectivity index (χ3n) is 3.80. The Labute approximate surface area is 111 Å². The van der Waals surface area contributed by atoms with E-state index in [0.717, 1.165) is 24.9 Å². The van der Waals surface area contributed by atoms with Gasteiger partial charge in [0.1, 0.15) is 0 Å². The van der Waals surface area contributed by atoms with Gasteiger partial charge in [-0.25, -0.2) is 0 Å². The fourth-order valence-corrected chi connectivity index (χ4v) is 3.33. The highest BCUT2D eigenvalue weighted by atomic mass is 32.2. The average molecular weight is 263 g/mol. The Bertz CT molecular complexity index is 483.